The summed E-state index contributed by atoms with van der Waals surface area (Å²) in [5, 5.41) is 13.7. The van der Waals surface area contributed by atoms with E-state index in [4.69, 9.17) is 0 Å². The number of aryl methyl sites for hydroxylation is 2. The molecule has 3 nitrogen and oxygen atoms in total. The van der Waals surface area contributed by atoms with E-state index in [2.05, 4.69) is 43.4 Å². The predicted octanol–water partition coefficient (Wildman–Crippen LogP) is 2.22. The molecule has 0 aromatic heterocycles. The van der Waals surface area contributed by atoms with Gasteiger partial charge in [-0.15, -0.1) is 0 Å². The molecule has 3 heteroatoms. The molecule has 2 unspecified atom stereocenters. The Morgan fingerprint density at radius 2 is 1.85 bits per heavy atom. The molecule has 1 aromatic carbocycles. The Bertz CT molecular complexity index is 384. The van der Waals surface area contributed by atoms with Crippen molar-refractivity contribution in [2.45, 2.75) is 45.3 Å². The Morgan fingerprint density at radius 1 is 1.25 bits per heavy atom. The first kappa shape index (κ1) is 17.2. The summed E-state index contributed by atoms with van der Waals surface area (Å²) >= 11 is 0. The van der Waals surface area contributed by atoms with Gasteiger partial charge in [0.1, 0.15) is 0 Å². The molecule has 0 fully saturated rings. The number of nitrogens with one attached hydrogen (secondary N) is 1. The van der Waals surface area contributed by atoms with E-state index in [-0.39, 0.29) is 0 Å². The van der Waals surface area contributed by atoms with Crippen molar-refractivity contribution in [1.29, 1.82) is 0 Å². The van der Waals surface area contributed by atoms with Crippen molar-refractivity contribution in [2.24, 2.45) is 0 Å². The summed E-state index contributed by atoms with van der Waals surface area (Å²) in [6.45, 7) is 7.47. The average molecular weight is 278 g/mol. The van der Waals surface area contributed by atoms with Gasteiger partial charge in [-0.25, -0.2) is 0 Å². The summed E-state index contributed by atoms with van der Waals surface area (Å²) in [5.74, 6) is 0. The number of benzene rings is 1. The fraction of sp³-hybridized carbons (Fsp3) is 0.647. The zero-order valence-corrected chi connectivity index (χ0v) is 13.6. The number of nitrogens with zero attached hydrogens (tertiary/aromatic N) is 1. The van der Waals surface area contributed by atoms with Crippen LogP contribution in [0.1, 0.15) is 31.4 Å². The Kier molecular flexibility index (Phi) is 6.66. The van der Waals surface area contributed by atoms with Crippen LogP contribution in [0.3, 0.4) is 0 Å². The fourth-order valence-corrected chi connectivity index (χ4v) is 2.37. The zero-order chi connectivity index (χ0) is 15.2. The van der Waals surface area contributed by atoms with Crippen LogP contribution in [0.25, 0.3) is 0 Å². The second kappa shape index (κ2) is 7.77. The lowest BCUT2D eigenvalue weighted by Gasteiger charge is -2.28. The summed E-state index contributed by atoms with van der Waals surface area (Å²) in [5.41, 5.74) is 2.01. The third kappa shape index (κ3) is 7.04. The molecule has 0 saturated heterocycles. The molecule has 0 heterocycles. The maximum Gasteiger partial charge on any atom is 0.0869 e. The molecule has 2 N–H and O–H groups in total. The minimum atomic E-state index is -0.679. The summed E-state index contributed by atoms with van der Waals surface area (Å²) in [6, 6.07) is 9.13. The number of aliphatic hydroxyl groups is 1. The van der Waals surface area contributed by atoms with Crippen LogP contribution in [0.4, 0.5) is 0 Å². The predicted molar refractivity (Wildman–Crippen MR) is 86.1 cm³/mol. The maximum absolute atomic E-state index is 10.2. The minimum Gasteiger partial charge on any atom is -0.388 e. The molecule has 20 heavy (non-hydrogen) atoms. The SMILES string of the molecule is Cc1ccc(CCC(C)NCC(C)(O)CN(C)C)cc1. The standard InChI is InChI=1S/C17H30N2O/c1-14-6-9-16(10-7-14)11-8-15(2)18-12-17(3,20)13-19(4)5/h6-7,9-10,15,18,20H,8,11-13H2,1-5H3. The van der Waals surface area contributed by atoms with Crippen molar-refractivity contribution in [3.05, 3.63) is 35.4 Å². The molecule has 2 atom stereocenters. The van der Waals surface area contributed by atoms with Gasteiger partial charge in [0.25, 0.3) is 0 Å². The first-order valence-corrected chi connectivity index (χ1v) is 7.44. The quantitative estimate of drug-likeness (QED) is 0.765. The lowest BCUT2D eigenvalue weighted by atomic mass is 10.0. The Labute approximate surface area is 124 Å². The van der Waals surface area contributed by atoms with Crippen LogP contribution in [0.2, 0.25) is 0 Å². The van der Waals surface area contributed by atoms with Gasteiger partial charge < -0.3 is 15.3 Å². The smallest absolute Gasteiger partial charge is 0.0869 e. The van der Waals surface area contributed by atoms with E-state index in [1.165, 1.54) is 11.1 Å². The Balaban J connectivity index is 2.29. The summed E-state index contributed by atoms with van der Waals surface area (Å²) in [6.07, 6.45) is 2.16. The van der Waals surface area contributed by atoms with Crippen LogP contribution in [0, 0.1) is 6.92 Å². The van der Waals surface area contributed by atoms with E-state index in [9.17, 15) is 5.11 Å². The molecule has 0 aliphatic rings. The lowest BCUT2D eigenvalue weighted by Crippen LogP contribution is -2.47. The van der Waals surface area contributed by atoms with Gasteiger partial charge in [-0.1, -0.05) is 29.8 Å². The van der Waals surface area contributed by atoms with Gasteiger partial charge in [0.2, 0.25) is 0 Å². The van der Waals surface area contributed by atoms with Gasteiger partial charge in [-0.2, -0.15) is 0 Å². The normalized spacial score (nSPS) is 16.1. The van der Waals surface area contributed by atoms with Gasteiger partial charge in [0.15, 0.2) is 0 Å². The van der Waals surface area contributed by atoms with Gasteiger partial charge >= 0.3 is 0 Å². The van der Waals surface area contributed by atoms with Gasteiger partial charge in [0, 0.05) is 19.1 Å². The Hall–Kier alpha value is -0.900. The highest BCUT2D eigenvalue weighted by atomic mass is 16.3. The highest BCUT2D eigenvalue weighted by Crippen LogP contribution is 2.08. The summed E-state index contributed by atoms with van der Waals surface area (Å²) in [4.78, 5) is 2.01. The summed E-state index contributed by atoms with van der Waals surface area (Å²) in [7, 11) is 3.96. The van der Waals surface area contributed by atoms with E-state index >= 15 is 0 Å². The molecule has 0 radical (unpaired) electrons. The van der Waals surface area contributed by atoms with Crippen LogP contribution in [-0.4, -0.2) is 48.8 Å². The molecule has 1 aromatic rings. The van der Waals surface area contributed by atoms with Crippen molar-refractivity contribution >= 4 is 0 Å². The third-order valence-electron chi connectivity index (χ3n) is 3.47. The zero-order valence-electron chi connectivity index (χ0n) is 13.6. The number of rotatable bonds is 8. The van der Waals surface area contributed by atoms with Crippen molar-refractivity contribution in [2.75, 3.05) is 27.2 Å². The number of hydrogen-bond acceptors (Lipinski definition) is 3. The lowest BCUT2D eigenvalue weighted by molar-refractivity contribution is 0.0316. The van der Waals surface area contributed by atoms with E-state index in [1.54, 1.807) is 0 Å². The molecule has 0 aliphatic carbocycles. The van der Waals surface area contributed by atoms with Gasteiger partial charge in [-0.3, -0.25) is 0 Å². The van der Waals surface area contributed by atoms with E-state index in [1.807, 2.05) is 25.9 Å². The number of likely N-dealkylation sites (N-methyl/N-ethyl adjacent to an activating group) is 1. The van der Waals surface area contributed by atoms with Crippen molar-refractivity contribution in [3.63, 3.8) is 0 Å². The highest BCUT2D eigenvalue weighted by Gasteiger charge is 2.21. The molecule has 1 rings (SSSR count). The third-order valence-corrected chi connectivity index (χ3v) is 3.47. The average Bonchev–Trinajstić information content (AvgIpc) is 2.34. The topological polar surface area (TPSA) is 35.5 Å². The van der Waals surface area contributed by atoms with Crippen LogP contribution in [0.15, 0.2) is 24.3 Å². The first-order valence-electron chi connectivity index (χ1n) is 7.44. The van der Waals surface area contributed by atoms with E-state index in [0.717, 1.165) is 12.8 Å². The van der Waals surface area contributed by atoms with Gasteiger partial charge in [0.05, 0.1) is 5.60 Å². The molecule has 0 bridgehead atoms. The highest BCUT2D eigenvalue weighted by molar-refractivity contribution is 5.21. The Morgan fingerprint density at radius 3 is 2.40 bits per heavy atom. The molecular weight excluding hydrogens is 248 g/mol. The van der Waals surface area contributed by atoms with Crippen LogP contribution >= 0.6 is 0 Å². The number of hydrogen-bond donors (Lipinski definition) is 2. The molecule has 0 aliphatic heterocycles. The molecule has 0 saturated carbocycles. The summed E-state index contributed by atoms with van der Waals surface area (Å²) < 4.78 is 0. The largest absolute Gasteiger partial charge is 0.388 e. The fourth-order valence-electron chi connectivity index (χ4n) is 2.37. The maximum atomic E-state index is 10.2. The van der Waals surface area contributed by atoms with Gasteiger partial charge in [-0.05, 0) is 53.3 Å². The van der Waals surface area contributed by atoms with Crippen LogP contribution in [-0.2, 0) is 6.42 Å². The second-order valence-corrected chi connectivity index (χ2v) is 6.54. The van der Waals surface area contributed by atoms with Crippen molar-refractivity contribution < 1.29 is 5.11 Å². The van der Waals surface area contributed by atoms with Crippen molar-refractivity contribution in [1.82, 2.24) is 10.2 Å². The van der Waals surface area contributed by atoms with Crippen molar-refractivity contribution in [3.8, 4) is 0 Å². The second-order valence-electron chi connectivity index (χ2n) is 6.54. The molecule has 0 amide bonds. The van der Waals surface area contributed by atoms with E-state index < -0.39 is 5.60 Å². The molecular formula is C17H30N2O. The molecule has 114 valence electrons. The molecule has 0 spiro atoms. The monoisotopic (exact) mass is 278 g/mol. The first-order chi connectivity index (χ1) is 9.28. The minimum absolute atomic E-state index is 0.407. The van der Waals surface area contributed by atoms with Crippen LogP contribution in [0.5, 0.6) is 0 Å². The van der Waals surface area contributed by atoms with E-state index in [0.29, 0.717) is 19.1 Å². The van der Waals surface area contributed by atoms with Crippen LogP contribution < -0.4 is 5.32 Å².